The number of ether oxygens (including phenoxy) is 1. The molecule has 0 aliphatic carbocycles. The summed E-state index contributed by atoms with van der Waals surface area (Å²) < 4.78 is 4.96. The van der Waals surface area contributed by atoms with Crippen molar-refractivity contribution in [3.05, 3.63) is 71.8 Å². The van der Waals surface area contributed by atoms with E-state index in [0.717, 1.165) is 5.56 Å². The van der Waals surface area contributed by atoms with Gasteiger partial charge in [-0.15, -0.1) is 12.4 Å². The van der Waals surface area contributed by atoms with Gasteiger partial charge in [-0.05, 0) is 24.6 Å². The molecule has 22 heavy (non-hydrogen) atoms. The van der Waals surface area contributed by atoms with Crippen molar-refractivity contribution in [3.63, 3.8) is 0 Å². The number of likely N-dealkylation sites (N-methyl/N-ethyl adjacent to an activating group) is 1. The van der Waals surface area contributed by atoms with E-state index >= 15 is 0 Å². The monoisotopic (exact) mass is 319 g/mol. The third kappa shape index (κ3) is 5.17. The van der Waals surface area contributed by atoms with E-state index in [-0.39, 0.29) is 24.4 Å². The van der Waals surface area contributed by atoms with Gasteiger partial charge in [-0.1, -0.05) is 60.7 Å². The number of methoxy groups -OCH3 is 1. The van der Waals surface area contributed by atoms with E-state index in [1.807, 2.05) is 60.5 Å². The van der Waals surface area contributed by atoms with Crippen molar-refractivity contribution in [2.45, 2.75) is 19.0 Å². The highest BCUT2D eigenvalue weighted by Gasteiger charge is 2.24. The van der Waals surface area contributed by atoms with Crippen molar-refractivity contribution in [2.24, 2.45) is 0 Å². The van der Waals surface area contributed by atoms with Gasteiger partial charge in [0.05, 0.1) is 7.11 Å². The zero-order chi connectivity index (χ0) is 15.1. The van der Waals surface area contributed by atoms with Crippen LogP contribution in [0, 0.1) is 0 Å². The van der Waals surface area contributed by atoms with Crippen LogP contribution in [0.25, 0.3) is 0 Å². The highest BCUT2D eigenvalue weighted by Crippen LogP contribution is 2.12. The van der Waals surface area contributed by atoms with Crippen molar-refractivity contribution in [3.8, 4) is 0 Å². The fourth-order valence-corrected chi connectivity index (χ4v) is 2.37. The predicted molar refractivity (Wildman–Crippen MR) is 91.1 cm³/mol. The lowest BCUT2D eigenvalue weighted by atomic mass is 10.0. The number of nitrogens with zero attached hydrogens (tertiary/aromatic N) is 1. The topological polar surface area (TPSA) is 29.5 Å². The van der Waals surface area contributed by atoms with E-state index in [4.69, 9.17) is 4.74 Å². The van der Waals surface area contributed by atoms with Crippen LogP contribution in [0.1, 0.15) is 11.1 Å². The third-order valence-electron chi connectivity index (χ3n) is 3.55. The Morgan fingerprint density at radius 1 is 1.00 bits per heavy atom. The van der Waals surface area contributed by atoms with Crippen LogP contribution in [0.3, 0.4) is 0 Å². The van der Waals surface area contributed by atoms with E-state index in [1.54, 1.807) is 0 Å². The van der Waals surface area contributed by atoms with Crippen LogP contribution in [-0.4, -0.2) is 31.1 Å². The van der Waals surface area contributed by atoms with Gasteiger partial charge in [0.2, 0.25) is 0 Å². The molecule has 0 saturated heterocycles. The zero-order valence-electron chi connectivity index (χ0n) is 12.9. The van der Waals surface area contributed by atoms with E-state index < -0.39 is 0 Å². The first kappa shape index (κ1) is 18.2. The molecule has 0 aromatic heterocycles. The number of hydrogen-bond acceptors (Lipinski definition) is 3. The molecule has 4 heteroatoms. The molecule has 0 saturated carbocycles. The first-order chi connectivity index (χ1) is 10.2. The number of halogens is 1. The van der Waals surface area contributed by atoms with E-state index in [0.29, 0.717) is 13.0 Å². The lowest BCUT2D eigenvalue weighted by Crippen LogP contribution is -2.40. The van der Waals surface area contributed by atoms with E-state index in [1.165, 1.54) is 12.7 Å². The van der Waals surface area contributed by atoms with Gasteiger partial charge >= 0.3 is 5.97 Å². The van der Waals surface area contributed by atoms with E-state index in [9.17, 15) is 4.79 Å². The molecule has 0 aliphatic rings. The van der Waals surface area contributed by atoms with Gasteiger partial charge in [-0.25, -0.2) is 0 Å². The second-order valence-corrected chi connectivity index (χ2v) is 5.13. The summed E-state index contributed by atoms with van der Waals surface area (Å²) in [5.74, 6) is -0.197. The molecule has 2 rings (SSSR count). The Bertz CT molecular complexity index is 560. The Kier molecular flexibility index (Phi) is 7.64. The Labute approximate surface area is 138 Å². The van der Waals surface area contributed by atoms with Crippen LogP contribution in [0.5, 0.6) is 0 Å². The van der Waals surface area contributed by atoms with Crippen LogP contribution in [0.2, 0.25) is 0 Å². The standard InChI is InChI=1S/C18H21NO2.ClH/c1-19(14-16-11-7-4-8-12-16)17(18(20)21-2)13-15-9-5-3-6-10-15;/h3-12,17H,13-14H2,1-2H3;1H/t17-;/m0./s1. The summed E-state index contributed by atoms with van der Waals surface area (Å²) in [5.41, 5.74) is 2.31. The molecule has 0 amide bonds. The predicted octanol–water partition coefficient (Wildman–Crippen LogP) is 3.32. The van der Waals surface area contributed by atoms with Crippen LogP contribution in [0.4, 0.5) is 0 Å². The van der Waals surface area contributed by atoms with Crippen molar-refractivity contribution >= 4 is 18.4 Å². The number of carbonyl (C=O) groups excluding carboxylic acids is 1. The third-order valence-corrected chi connectivity index (χ3v) is 3.55. The molecule has 0 unspecified atom stereocenters. The summed E-state index contributed by atoms with van der Waals surface area (Å²) in [5, 5.41) is 0. The number of carbonyl (C=O) groups is 1. The molecule has 118 valence electrons. The largest absolute Gasteiger partial charge is 0.468 e. The quantitative estimate of drug-likeness (QED) is 0.765. The van der Waals surface area contributed by atoms with Gasteiger partial charge in [-0.3, -0.25) is 9.69 Å². The highest BCUT2D eigenvalue weighted by atomic mass is 35.5. The SMILES string of the molecule is COC(=O)[C@H](Cc1ccccc1)N(C)Cc1ccccc1.Cl. The average molecular weight is 320 g/mol. The molecular weight excluding hydrogens is 298 g/mol. The molecule has 0 spiro atoms. The first-order valence-corrected chi connectivity index (χ1v) is 7.06. The molecule has 0 N–H and O–H groups in total. The van der Waals surface area contributed by atoms with Crippen molar-refractivity contribution in [2.75, 3.05) is 14.2 Å². The first-order valence-electron chi connectivity index (χ1n) is 7.06. The van der Waals surface area contributed by atoms with Crippen LogP contribution in [-0.2, 0) is 22.5 Å². The summed E-state index contributed by atoms with van der Waals surface area (Å²) in [6.45, 7) is 0.716. The molecule has 0 radical (unpaired) electrons. The van der Waals surface area contributed by atoms with Crippen molar-refractivity contribution in [1.29, 1.82) is 0 Å². The second-order valence-electron chi connectivity index (χ2n) is 5.13. The van der Waals surface area contributed by atoms with Crippen LogP contribution >= 0.6 is 12.4 Å². The maximum Gasteiger partial charge on any atom is 0.323 e. The number of benzene rings is 2. The van der Waals surface area contributed by atoms with Crippen molar-refractivity contribution in [1.82, 2.24) is 4.90 Å². The lowest BCUT2D eigenvalue weighted by molar-refractivity contribution is -0.146. The van der Waals surface area contributed by atoms with Gasteiger partial charge in [0.1, 0.15) is 6.04 Å². The highest BCUT2D eigenvalue weighted by molar-refractivity contribution is 5.85. The van der Waals surface area contributed by atoms with Gasteiger partial charge in [0.25, 0.3) is 0 Å². The number of esters is 1. The van der Waals surface area contributed by atoms with Gasteiger partial charge in [0, 0.05) is 6.54 Å². The molecular formula is C18H22ClNO2. The van der Waals surface area contributed by atoms with Crippen LogP contribution < -0.4 is 0 Å². The minimum Gasteiger partial charge on any atom is -0.468 e. The maximum atomic E-state index is 12.1. The molecule has 2 aromatic rings. The minimum absolute atomic E-state index is 0. The van der Waals surface area contributed by atoms with Gasteiger partial charge in [-0.2, -0.15) is 0 Å². The van der Waals surface area contributed by atoms with Gasteiger partial charge < -0.3 is 4.74 Å². The maximum absolute atomic E-state index is 12.1. The fraction of sp³-hybridized carbons (Fsp3) is 0.278. The summed E-state index contributed by atoms with van der Waals surface area (Å²) >= 11 is 0. The summed E-state index contributed by atoms with van der Waals surface area (Å²) in [7, 11) is 3.40. The average Bonchev–Trinajstić information content (AvgIpc) is 2.53. The Balaban J connectivity index is 0.00000242. The number of hydrogen-bond donors (Lipinski definition) is 0. The van der Waals surface area contributed by atoms with Crippen molar-refractivity contribution < 1.29 is 9.53 Å². The molecule has 3 nitrogen and oxygen atoms in total. The van der Waals surface area contributed by atoms with E-state index in [2.05, 4.69) is 12.1 Å². The Morgan fingerprint density at radius 3 is 2.00 bits per heavy atom. The fourth-order valence-electron chi connectivity index (χ4n) is 2.37. The smallest absolute Gasteiger partial charge is 0.323 e. The Morgan fingerprint density at radius 2 is 1.50 bits per heavy atom. The second kappa shape index (κ2) is 9.23. The Hall–Kier alpha value is -1.84. The lowest BCUT2D eigenvalue weighted by Gasteiger charge is -2.26. The molecule has 2 aromatic carbocycles. The molecule has 0 fully saturated rings. The normalized spacial score (nSPS) is 11.6. The van der Waals surface area contributed by atoms with Gasteiger partial charge in [0.15, 0.2) is 0 Å². The zero-order valence-corrected chi connectivity index (χ0v) is 13.8. The molecule has 0 aliphatic heterocycles. The summed E-state index contributed by atoms with van der Waals surface area (Å²) in [4.78, 5) is 14.1. The summed E-state index contributed by atoms with van der Waals surface area (Å²) in [6.07, 6.45) is 0.650. The molecule has 1 atom stereocenters. The molecule has 0 bridgehead atoms. The molecule has 0 heterocycles. The number of rotatable bonds is 6. The summed E-state index contributed by atoms with van der Waals surface area (Å²) in [6, 6.07) is 19.9. The van der Waals surface area contributed by atoms with Crippen LogP contribution in [0.15, 0.2) is 60.7 Å². The minimum atomic E-state index is -0.280.